The molecule has 3 aromatic rings. The Kier molecular flexibility index (Phi) is 3.09. The van der Waals surface area contributed by atoms with E-state index in [4.69, 9.17) is 16.6 Å². The van der Waals surface area contributed by atoms with Crippen LogP contribution in [-0.4, -0.2) is 30.5 Å². The molecule has 0 aliphatic heterocycles. The Hall–Kier alpha value is -2.81. The normalized spacial score (nSPS) is 10.4. The highest BCUT2D eigenvalue weighted by Crippen LogP contribution is 2.22. The van der Waals surface area contributed by atoms with E-state index >= 15 is 0 Å². The van der Waals surface area contributed by atoms with E-state index in [1.54, 1.807) is 12.1 Å². The van der Waals surface area contributed by atoms with E-state index in [1.165, 1.54) is 18.3 Å². The summed E-state index contributed by atoms with van der Waals surface area (Å²) in [6.07, 6.45) is 1.45. The zero-order chi connectivity index (χ0) is 13.9. The average Bonchev–Trinajstić information content (AvgIpc) is 2.91. The highest BCUT2D eigenvalue weighted by molar-refractivity contribution is 7.71. The van der Waals surface area contributed by atoms with Crippen LogP contribution < -0.4 is 5.32 Å². The van der Waals surface area contributed by atoms with Gasteiger partial charge in [0.05, 0.1) is 6.20 Å². The van der Waals surface area contributed by atoms with Crippen LogP contribution in [0.25, 0.3) is 11.5 Å². The van der Waals surface area contributed by atoms with Gasteiger partial charge in [-0.25, -0.2) is 10.1 Å². The predicted octanol–water partition coefficient (Wildman–Crippen LogP) is 2.03. The third-order valence-electron chi connectivity index (χ3n) is 2.35. The Bertz CT molecular complexity index is 762. The van der Waals surface area contributed by atoms with Crippen LogP contribution in [0, 0.1) is 4.77 Å². The van der Waals surface area contributed by atoms with E-state index in [1.807, 2.05) is 0 Å². The van der Waals surface area contributed by atoms with Gasteiger partial charge < -0.3 is 9.52 Å². The van der Waals surface area contributed by atoms with E-state index in [-0.39, 0.29) is 16.5 Å². The molecule has 1 aromatic carbocycles. The number of aromatic nitrogens is 5. The Labute approximate surface area is 117 Å². The highest BCUT2D eigenvalue weighted by Gasteiger charge is 2.09. The van der Waals surface area contributed by atoms with Gasteiger partial charge in [-0.2, -0.15) is 5.10 Å². The lowest BCUT2D eigenvalue weighted by atomic mass is 10.2. The van der Waals surface area contributed by atoms with Gasteiger partial charge in [0.15, 0.2) is 5.82 Å². The molecule has 0 unspecified atom stereocenters. The molecule has 2 aromatic heterocycles. The maximum absolute atomic E-state index is 9.22. The lowest BCUT2D eigenvalue weighted by Crippen LogP contribution is -1.96. The van der Waals surface area contributed by atoms with Crippen molar-refractivity contribution in [1.29, 1.82) is 0 Å². The third kappa shape index (κ3) is 2.62. The number of phenolic OH excluding ortho intramolecular Hbond substituents is 1. The molecule has 3 N–H and O–H groups in total. The van der Waals surface area contributed by atoms with Crippen molar-refractivity contribution in [2.24, 2.45) is 0 Å². The number of hydrogen-bond donors (Lipinski definition) is 3. The summed E-state index contributed by atoms with van der Waals surface area (Å²) in [5.74, 6) is 0.894. The number of hydrogen-bond acceptors (Lipinski definition) is 8. The maximum atomic E-state index is 9.22. The van der Waals surface area contributed by atoms with Crippen molar-refractivity contribution >= 4 is 24.1 Å². The number of aromatic hydroxyl groups is 1. The largest absolute Gasteiger partial charge is 0.508 e. The van der Waals surface area contributed by atoms with Gasteiger partial charge in [-0.1, -0.05) is 5.10 Å². The van der Waals surface area contributed by atoms with Crippen molar-refractivity contribution in [3.8, 4) is 17.2 Å². The number of aromatic amines is 1. The van der Waals surface area contributed by atoms with Crippen molar-refractivity contribution in [3.05, 3.63) is 35.2 Å². The molecule has 0 saturated heterocycles. The first kappa shape index (κ1) is 12.2. The van der Waals surface area contributed by atoms with E-state index in [0.717, 1.165) is 0 Å². The van der Waals surface area contributed by atoms with Crippen LogP contribution in [-0.2, 0) is 0 Å². The van der Waals surface area contributed by atoms with Crippen molar-refractivity contribution in [3.63, 3.8) is 0 Å². The zero-order valence-corrected chi connectivity index (χ0v) is 10.8. The summed E-state index contributed by atoms with van der Waals surface area (Å²) in [6, 6.07) is 6.59. The smallest absolute Gasteiger partial charge is 0.321 e. The Morgan fingerprint density at radius 2 is 2.00 bits per heavy atom. The second-order valence-corrected chi connectivity index (χ2v) is 4.14. The second kappa shape index (κ2) is 5.05. The van der Waals surface area contributed by atoms with Crippen molar-refractivity contribution < 1.29 is 9.52 Å². The molecule has 3 rings (SSSR count). The first-order chi connectivity index (χ1) is 9.70. The molecule has 0 spiro atoms. The molecule has 2 heterocycles. The quantitative estimate of drug-likeness (QED) is 0.627. The molecular formula is C11H8N6O2S. The van der Waals surface area contributed by atoms with Crippen LogP contribution in [0.15, 0.2) is 34.9 Å². The molecule has 0 aliphatic rings. The third-order valence-corrected chi connectivity index (χ3v) is 2.55. The van der Waals surface area contributed by atoms with E-state index in [2.05, 4.69) is 30.7 Å². The minimum atomic E-state index is 0.168. The molecule has 0 bridgehead atoms. The maximum Gasteiger partial charge on any atom is 0.321 e. The first-order valence-electron chi connectivity index (χ1n) is 5.52. The number of benzene rings is 1. The summed E-state index contributed by atoms with van der Waals surface area (Å²) < 4.78 is 5.70. The number of rotatable bonds is 3. The summed E-state index contributed by atoms with van der Waals surface area (Å²) in [7, 11) is 0. The van der Waals surface area contributed by atoms with E-state index in [0.29, 0.717) is 17.3 Å². The van der Waals surface area contributed by atoms with Crippen molar-refractivity contribution in [2.75, 3.05) is 5.32 Å². The molecule has 9 heteroatoms. The number of H-pyrrole nitrogens is 1. The fourth-order valence-corrected chi connectivity index (χ4v) is 1.55. The van der Waals surface area contributed by atoms with Crippen LogP contribution >= 0.6 is 12.2 Å². The van der Waals surface area contributed by atoms with Gasteiger partial charge in [-0.15, -0.1) is 5.10 Å². The van der Waals surface area contributed by atoms with E-state index < -0.39 is 0 Å². The summed E-state index contributed by atoms with van der Waals surface area (Å²) in [5.41, 5.74) is 0.696. The van der Waals surface area contributed by atoms with Gasteiger partial charge in [0.25, 0.3) is 0 Å². The van der Waals surface area contributed by atoms with Gasteiger partial charge in [0, 0.05) is 5.56 Å². The lowest BCUT2D eigenvalue weighted by Gasteiger charge is -1.97. The van der Waals surface area contributed by atoms with Crippen LogP contribution in [0.2, 0.25) is 0 Å². The number of anilines is 2. The topological polar surface area (TPSA) is 113 Å². The van der Waals surface area contributed by atoms with Crippen molar-refractivity contribution in [2.45, 2.75) is 0 Å². The SMILES string of the molecule is Oc1ccc(-c2nnc(Nc3cnc(=S)[nH]n3)o2)cc1. The fourth-order valence-electron chi connectivity index (χ4n) is 1.45. The van der Waals surface area contributed by atoms with Crippen LogP contribution in [0.1, 0.15) is 0 Å². The zero-order valence-electron chi connectivity index (χ0n) is 9.94. The van der Waals surface area contributed by atoms with Gasteiger partial charge in [-0.05, 0) is 36.5 Å². The second-order valence-electron chi connectivity index (χ2n) is 3.76. The standard InChI is InChI=1S/C11H8N6O2S/c18-7-3-1-6(2-4-7)9-15-16-10(19-9)13-8-5-12-11(20)17-14-8/h1-5,18H,(H,12,17,20)(H,13,14,16). The summed E-state index contributed by atoms with van der Waals surface area (Å²) in [4.78, 5) is 3.87. The Morgan fingerprint density at radius 1 is 1.20 bits per heavy atom. The molecular weight excluding hydrogens is 280 g/mol. The molecule has 8 nitrogen and oxygen atoms in total. The molecule has 20 heavy (non-hydrogen) atoms. The minimum absolute atomic E-state index is 0.168. The Balaban J connectivity index is 1.81. The predicted molar refractivity (Wildman–Crippen MR) is 71.9 cm³/mol. The molecule has 0 amide bonds. The summed E-state index contributed by atoms with van der Waals surface area (Å²) >= 11 is 4.79. The highest BCUT2D eigenvalue weighted by atomic mass is 32.1. The van der Waals surface area contributed by atoms with Gasteiger partial charge in [-0.3, -0.25) is 5.32 Å². The monoisotopic (exact) mass is 288 g/mol. The number of phenols is 1. The molecule has 0 radical (unpaired) electrons. The fraction of sp³-hybridized carbons (Fsp3) is 0. The average molecular weight is 288 g/mol. The first-order valence-corrected chi connectivity index (χ1v) is 5.93. The lowest BCUT2D eigenvalue weighted by molar-refractivity contribution is 0.475. The molecule has 0 atom stereocenters. The molecule has 100 valence electrons. The van der Waals surface area contributed by atoms with Crippen molar-refractivity contribution in [1.82, 2.24) is 25.4 Å². The minimum Gasteiger partial charge on any atom is -0.508 e. The number of nitrogens with zero attached hydrogens (tertiary/aromatic N) is 4. The van der Waals surface area contributed by atoms with Gasteiger partial charge >= 0.3 is 6.01 Å². The summed E-state index contributed by atoms with van der Waals surface area (Å²) in [6.45, 7) is 0. The van der Waals surface area contributed by atoms with E-state index in [9.17, 15) is 5.11 Å². The molecule has 0 fully saturated rings. The van der Waals surface area contributed by atoms with Gasteiger partial charge in [0.2, 0.25) is 10.7 Å². The van der Waals surface area contributed by atoms with Crippen LogP contribution in [0.5, 0.6) is 5.75 Å². The Morgan fingerprint density at radius 3 is 2.70 bits per heavy atom. The molecule has 0 saturated carbocycles. The molecule has 0 aliphatic carbocycles. The van der Waals surface area contributed by atoms with Crippen LogP contribution in [0.3, 0.4) is 0 Å². The number of nitrogens with one attached hydrogen (secondary N) is 2. The van der Waals surface area contributed by atoms with Crippen LogP contribution in [0.4, 0.5) is 11.8 Å². The summed E-state index contributed by atoms with van der Waals surface area (Å²) in [5, 5.41) is 26.2. The van der Waals surface area contributed by atoms with Gasteiger partial charge in [0.1, 0.15) is 5.75 Å².